The number of alkyl halides is 3. The van der Waals surface area contributed by atoms with Gasteiger partial charge in [-0.05, 0) is 48.9 Å². The molecule has 12 heteroatoms. The van der Waals surface area contributed by atoms with Crippen LogP contribution >= 0.6 is 0 Å². The highest BCUT2D eigenvalue weighted by Gasteiger charge is 2.36. The second-order valence-corrected chi connectivity index (χ2v) is 9.95. The minimum absolute atomic E-state index is 0.00280. The van der Waals surface area contributed by atoms with Gasteiger partial charge in [-0.15, -0.1) is 0 Å². The first-order valence-electron chi connectivity index (χ1n) is 8.18. The van der Waals surface area contributed by atoms with E-state index >= 15 is 0 Å². The number of nitrogens with zero attached hydrogens (tertiary/aromatic N) is 1. The minimum Gasteiger partial charge on any atom is -0.280 e. The van der Waals surface area contributed by atoms with Gasteiger partial charge in [0.2, 0.25) is 15.9 Å². The maximum absolute atomic E-state index is 12.8. The standard InChI is InChI=1S/C17H15F3N2O5S2/c1-11-9-14(22-16(23)7-8-28(22,24)25)5-6-15(11)29(26,27)21-13-4-2-3-12(10-13)17(18,19)20/h2-6,9-10,21H,7-8H2,1H3. The van der Waals surface area contributed by atoms with Crippen molar-refractivity contribution in [2.75, 3.05) is 14.8 Å². The summed E-state index contributed by atoms with van der Waals surface area (Å²) in [4.78, 5) is 11.6. The summed E-state index contributed by atoms with van der Waals surface area (Å²) in [5.41, 5.74) is -1.16. The van der Waals surface area contributed by atoms with Crippen molar-refractivity contribution >= 4 is 37.3 Å². The van der Waals surface area contributed by atoms with Crippen LogP contribution < -0.4 is 9.03 Å². The Morgan fingerprint density at radius 2 is 1.79 bits per heavy atom. The Labute approximate surface area is 165 Å². The molecular formula is C17H15F3N2O5S2. The molecule has 2 aromatic rings. The number of hydrogen-bond acceptors (Lipinski definition) is 5. The zero-order valence-corrected chi connectivity index (χ0v) is 16.5. The van der Waals surface area contributed by atoms with Crippen LogP contribution in [0.15, 0.2) is 47.4 Å². The van der Waals surface area contributed by atoms with Crippen LogP contribution in [0.4, 0.5) is 24.5 Å². The van der Waals surface area contributed by atoms with Gasteiger partial charge >= 0.3 is 6.18 Å². The van der Waals surface area contributed by atoms with Crippen LogP contribution in [0.5, 0.6) is 0 Å². The quantitative estimate of drug-likeness (QED) is 0.775. The highest BCUT2D eigenvalue weighted by Crippen LogP contribution is 2.32. The van der Waals surface area contributed by atoms with Crippen molar-refractivity contribution in [2.24, 2.45) is 0 Å². The number of amides is 1. The topological polar surface area (TPSA) is 101 Å². The molecule has 1 amide bonds. The molecule has 0 spiro atoms. The second-order valence-electron chi connectivity index (χ2n) is 6.36. The van der Waals surface area contributed by atoms with Crippen LogP contribution in [-0.2, 0) is 31.0 Å². The monoisotopic (exact) mass is 448 g/mol. The molecule has 1 fully saturated rings. The zero-order chi connectivity index (χ0) is 21.6. The second kappa shape index (κ2) is 7.02. The van der Waals surface area contributed by atoms with E-state index in [0.29, 0.717) is 10.4 Å². The van der Waals surface area contributed by atoms with E-state index in [9.17, 15) is 34.8 Å². The molecule has 0 unspecified atom stereocenters. The summed E-state index contributed by atoms with van der Waals surface area (Å²) in [5, 5.41) is 0. The molecule has 1 aliphatic heterocycles. The molecular weight excluding hydrogens is 433 g/mol. The van der Waals surface area contributed by atoms with Crippen molar-refractivity contribution < 1.29 is 34.8 Å². The number of hydrogen-bond donors (Lipinski definition) is 1. The Bertz CT molecular complexity index is 1190. The van der Waals surface area contributed by atoms with Gasteiger partial charge in [-0.25, -0.2) is 21.1 Å². The average Bonchev–Trinajstić information content (AvgIpc) is 2.86. The first-order valence-corrected chi connectivity index (χ1v) is 11.3. The van der Waals surface area contributed by atoms with E-state index in [2.05, 4.69) is 4.72 Å². The fraction of sp³-hybridized carbons (Fsp3) is 0.235. The van der Waals surface area contributed by atoms with Crippen LogP contribution in [0, 0.1) is 6.92 Å². The van der Waals surface area contributed by atoms with E-state index in [-0.39, 0.29) is 34.0 Å². The van der Waals surface area contributed by atoms with Crippen LogP contribution in [0.3, 0.4) is 0 Å². The molecule has 0 saturated carbocycles. The predicted octanol–water partition coefficient (Wildman–Crippen LogP) is 2.88. The van der Waals surface area contributed by atoms with Crippen molar-refractivity contribution in [1.82, 2.24) is 0 Å². The van der Waals surface area contributed by atoms with E-state index in [1.807, 2.05) is 0 Å². The molecule has 1 aliphatic rings. The van der Waals surface area contributed by atoms with Crippen LogP contribution in [0.25, 0.3) is 0 Å². The summed E-state index contributed by atoms with van der Waals surface area (Å²) >= 11 is 0. The zero-order valence-electron chi connectivity index (χ0n) is 14.9. The lowest BCUT2D eigenvalue weighted by molar-refractivity contribution is -0.137. The van der Waals surface area contributed by atoms with Gasteiger partial charge in [-0.2, -0.15) is 13.2 Å². The number of halogens is 3. The fourth-order valence-corrected chi connectivity index (χ4v) is 5.63. The number of nitrogens with one attached hydrogen (secondary N) is 1. The van der Waals surface area contributed by atoms with Crippen molar-refractivity contribution in [3.8, 4) is 0 Å². The molecule has 0 radical (unpaired) electrons. The van der Waals surface area contributed by atoms with Crippen molar-refractivity contribution in [3.63, 3.8) is 0 Å². The lowest BCUT2D eigenvalue weighted by Crippen LogP contribution is -2.29. The smallest absolute Gasteiger partial charge is 0.280 e. The molecule has 3 rings (SSSR count). The van der Waals surface area contributed by atoms with E-state index in [1.165, 1.54) is 19.1 Å². The van der Waals surface area contributed by atoms with Gasteiger partial charge in [-0.3, -0.25) is 9.52 Å². The molecule has 1 saturated heterocycles. The van der Waals surface area contributed by atoms with E-state index < -0.39 is 37.7 Å². The Morgan fingerprint density at radius 1 is 1.10 bits per heavy atom. The average molecular weight is 448 g/mol. The first-order chi connectivity index (χ1) is 13.3. The first kappa shape index (κ1) is 21.1. The normalized spacial score (nSPS) is 16.8. The summed E-state index contributed by atoms with van der Waals surface area (Å²) in [6.07, 6.45) is -4.80. The van der Waals surface area contributed by atoms with Gasteiger partial charge in [0.05, 0.1) is 21.9 Å². The maximum atomic E-state index is 12.8. The van der Waals surface area contributed by atoms with Crippen LogP contribution in [0.2, 0.25) is 0 Å². The van der Waals surface area contributed by atoms with E-state index in [1.54, 1.807) is 0 Å². The Balaban J connectivity index is 1.94. The Kier molecular flexibility index (Phi) is 5.11. The molecule has 0 atom stereocenters. The minimum atomic E-state index is -4.63. The number of rotatable bonds is 4. The number of carbonyl (C=O) groups excluding carboxylic acids is 1. The molecule has 29 heavy (non-hydrogen) atoms. The number of aryl methyl sites for hydroxylation is 1. The SMILES string of the molecule is Cc1cc(N2C(=O)CCS2(=O)=O)ccc1S(=O)(=O)Nc1cccc(C(F)(F)F)c1. The van der Waals surface area contributed by atoms with Gasteiger partial charge in [0.15, 0.2) is 0 Å². The molecule has 0 aromatic heterocycles. The molecule has 2 aromatic carbocycles. The molecule has 7 nitrogen and oxygen atoms in total. The van der Waals surface area contributed by atoms with Crippen molar-refractivity contribution in [2.45, 2.75) is 24.4 Å². The Morgan fingerprint density at radius 3 is 2.34 bits per heavy atom. The highest BCUT2D eigenvalue weighted by atomic mass is 32.2. The number of sulfonamides is 2. The molecule has 156 valence electrons. The van der Waals surface area contributed by atoms with Crippen molar-refractivity contribution in [1.29, 1.82) is 0 Å². The predicted molar refractivity (Wildman–Crippen MR) is 99.3 cm³/mol. The van der Waals surface area contributed by atoms with E-state index in [0.717, 1.165) is 24.3 Å². The third-order valence-electron chi connectivity index (χ3n) is 4.20. The van der Waals surface area contributed by atoms with Gasteiger partial charge in [0.25, 0.3) is 10.0 Å². The lowest BCUT2D eigenvalue weighted by atomic mass is 10.2. The third kappa shape index (κ3) is 4.22. The number of anilines is 2. The van der Waals surface area contributed by atoms with E-state index in [4.69, 9.17) is 0 Å². The summed E-state index contributed by atoms with van der Waals surface area (Å²) in [5.74, 6) is -0.954. The van der Waals surface area contributed by atoms with Gasteiger partial charge < -0.3 is 0 Å². The Hall–Kier alpha value is -2.60. The lowest BCUT2D eigenvalue weighted by Gasteiger charge is -2.17. The van der Waals surface area contributed by atoms with Crippen molar-refractivity contribution in [3.05, 3.63) is 53.6 Å². The van der Waals surface area contributed by atoms with Crippen LogP contribution in [0.1, 0.15) is 17.5 Å². The fourth-order valence-electron chi connectivity index (χ4n) is 2.90. The summed E-state index contributed by atoms with van der Waals surface area (Å²) in [7, 11) is -8.07. The number of benzene rings is 2. The molecule has 0 aliphatic carbocycles. The van der Waals surface area contributed by atoms with Crippen LogP contribution in [-0.4, -0.2) is 28.5 Å². The van der Waals surface area contributed by atoms with Gasteiger partial charge in [0, 0.05) is 12.1 Å². The molecule has 0 bridgehead atoms. The molecule has 1 heterocycles. The van der Waals surface area contributed by atoms with Gasteiger partial charge in [-0.1, -0.05) is 6.07 Å². The molecule has 1 N–H and O–H groups in total. The van der Waals surface area contributed by atoms with Gasteiger partial charge in [0.1, 0.15) is 0 Å². The third-order valence-corrected chi connectivity index (χ3v) is 7.44. The maximum Gasteiger partial charge on any atom is 0.416 e. The summed E-state index contributed by atoms with van der Waals surface area (Å²) < 4.78 is 90.4. The largest absolute Gasteiger partial charge is 0.416 e. The highest BCUT2D eigenvalue weighted by molar-refractivity contribution is 7.94. The summed E-state index contributed by atoms with van der Waals surface area (Å²) in [6, 6.07) is 7.20. The number of carbonyl (C=O) groups is 1. The summed E-state index contributed by atoms with van der Waals surface area (Å²) in [6.45, 7) is 1.39.